The fourth-order valence-corrected chi connectivity index (χ4v) is 0. The summed E-state index contributed by atoms with van der Waals surface area (Å²) < 4.78 is 0. The largest absolute Gasteiger partial charge is 0.172 e. The Morgan fingerprint density at radius 1 is 0.900 bits per heavy atom. The first-order valence-electron chi connectivity index (χ1n) is 4.02. The van der Waals surface area contributed by atoms with E-state index in [0.29, 0.717) is 0 Å². The Bertz CT molecular complexity index is 51.5. The monoisotopic (exact) mass is 180 g/mol. The molecule has 0 N–H and O–H groups in total. The Hall–Kier alpha value is 0.507. The van der Waals surface area contributed by atoms with E-state index in [1.807, 2.05) is 0 Å². The van der Waals surface area contributed by atoms with Crippen molar-refractivity contribution in [3.05, 3.63) is 0 Å². The fourth-order valence-electron chi connectivity index (χ4n) is 0. The van der Waals surface area contributed by atoms with Crippen LogP contribution in [0, 0.1) is 11.8 Å². The van der Waals surface area contributed by atoms with Gasteiger partial charge in [0.1, 0.15) is 8.11 Å². The van der Waals surface area contributed by atoms with E-state index in [1.54, 1.807) is 0 Å². The summed E-state index contributed by atoms with van der Waals surface area (Å²) in [5, 5.41) is 0. The van der Waals surface area contributed by atoms with Crippen LogP contribution in [0.15, 0.2) is 0 Å². The third-order valence-corrected chi connectivity index (χ3v) is 1.33. The molecular formula is C8H21ClSi. The molecule has 0 nitrogen and oxygen atoms in total. The molecule has 10 heavy (non-hydrogen) atoms. The summed E-state index contributed by atoms with van der Waals surface area (Å²) in [5.74, 6) is 1.70. The van der Waals surface area contributed by atoms with Crippen LogP contribution in [-0.2, 0) is 0 Å². The Morgan fingerprint density at radius 3 is 1.00 bits per heavy atom. The lowest BCUT2D eigenvalue weighted by Gasteiger charge is -2.05. The molecule has 64 valence electrons. The molecule has 0 aliphatic heterocycles. The molecule has 0 aromatic carbocycles. The molecule has 0 atom stereocenters. The average Bonchev–Trinajstić information content (AvgIpc) is 1.63. The lowest BCUT2D eigenvalue weighted by atomic mass is 10.0. The summed E-state index contributed by atoms with van der Waals surface area (Å²) in [6.45, 7) is 13.1. The zero-order valence-electron chi connectivity index (χ0n) is 8.11. The average molecular weight is 181 g/mol. The van der Waals surface area contributed by atoms with Crippen molar-refractivity contribution in [2.24, 2.45) is 11.8 Å². The molecule has 0 radical (unpaired) electrons. The summed E-state index contributed by atoms with van der Waals surface area (Å²) in [7, 11) is -0.667. The van der Waals surface area contributed by atoms with Crippen molar-refractivity contribution < 1.29 is 0 Å². The smallest absolute Gasteiger partial charge is 0.134 e. The molecule has 0 spiro atoms. The second-order valence-electron chi connectivity index (χ2n) is 3.50. The highest BCUT2D eigenvalue weighted by molar-refractivity contribution is 7.05. The van der Waals surface area contributed by atoms with Crippen LogP contribution in [0.3, 0.4) is 0 Å². The van der Waals surface area contributed by atoms with Gasteiger partial charge < -0.3 is 0 Å². The van der Waals surface area contributed by atoms with Crippen LogP contribution in [0.4, 0.5) is 0 Å². The van der Waals surface area contributed by atoms with Crippen molar-refractivity contribution in [1.29, 1.82) is 0 Å². The molecule has 0 aromatic heterocycles. The molecular weight excluding hydrogens is 160 g/mol. The van der Waals surface area contributed by atoms with Gasteiger partial charge in [-0.15, -0.1) is 0 Å². The van der Waals surface area contributed by atoms with Gasteiger partial charge in [0.15, 0.2) is 0 Å². The first-order valence-corrected chi connectivity index (χ1v) is 8.07. The van der Waals surface area contributed by atoms with Gasteiger partial charge in [-0.3, -0.25) is 0 Å². The van der Waals surface area contributed by atoms with Gasteiger partial charge in [-0.05, 0) is 11.8 Å². The van der Waals surface area contributed by atoms with Gasteiger partial charge in [-0.1, -0.05) is 40.8 Å². The van der Waals surface area contributed by atoms with Crippen molar-refractivity contribution in [3.8, 4) is 0 Å². The van der Waals surface area contributed by atoms with Crippen molar-refractivity contribution in [1.82, 2.24) is 0 Å². The lowest BCUT2D eigenvalue weighted by Crippen LogP contribution is -1.95. The molecule has 0 saturated heterocycles. The second kappa shape index (κ2) is 7.61. The third kappa shape index (κ3) is 23.6. The first-order chi connectivity index (χ1) is 4.37. The van der Waals surface area contributed by atoms with E-state index in [9.17, 15) is 0 Å². The molecule has 0 amide bonds. The maximum absolute atomic E-state index is 5.41. The summed E-state index contributed by atoms with van der Waals surface area (Å²) in [5.41, 5.74) is 0. The van der Waals surface area contributed by atoms with E-state index < -0.39 is 8.11 Å². The Kier molecular flexibility index (Phi) is 9.99. The quantitative estimate of drug-likeness (QED) is 0.428. The molecule has 0 aliphatic carbocycles. The summed E-state index contributed by atoms with van der Waals surface area (Å²) in [6.07, 6.45) is 0. The Labute approximate surface area is 72.3 Å². The zero-order chi connectivity index (χ0) is 8.73. The standard InChI is InChI=1S/C6H14.C2H7ClSi/c1-5(2)6(3)4;1-4(2)3/h5-6H,1-4H3;4H,1-2H3. The maximum Gasteiger partial charge on any atom is 0.134 e. The lowest BCUT2D eigenvalue weighted by molar-refractivity contribution is 0.457. The fraction of sp³-hybridized carbons (Fsp3) is 1.00. The summed E-state index contributed by atoms with van der Waals surface area (Å²) >= 11 is 5.41. The third-order valence-electron chi connectivity index (χ3n) is 1.33. The van der Waals surface area contributed by atoms with Crippen LogP contribution in [0.1, 0.15) is 27.7 Å². The molecule has 0 bridgehead atoms. The van der Waals surface area contributed by atoms with Crippen molar-refractivity contribution in [2.45, 2.75) is 40.8 Å². The molecule has 0 rings (SSSR count). The number of rotatable bonds is 1. The molecule has 0 saturated carbocycles. The topological polar surface area (TPSA) is 0 Å². The minimum Gasteiger partial charge on any atom is -0.172 e. The Balaban J connectivity index is 0. The maximum atomic E-state index is 5.41. The highest BCUT2D eigenvalue weighted by Gasteiger charge is 1.95. The van der Waals surface area contributed by atoms with Crippen LogP contribution in [0.5, 0.6) is 0 Å². The van der Waals surface area contributed by atoms with E-state index in [1.165, 1.54) is 0 Å². The highest BCUT2D eigenvalue weighted by Crippen LogP contribution is 2.05. The summed E-state index contributed by atoms with van der Waals surface area (Å²) in [6, 6.07) is 0. The molecule has 0 fully saturated rings. The van der Waals surface area contributed by atoms with Crippen molar-refractivity contribution in [2.75, 3.05) is 0 Å². The first kappa shape index (κ1) is 13.1. The van der Waals surface area contributed by atoms with Crippen LogP contribution < -0.4 is 0 Å². The molecule has 0 heterocycles. The summed E-state index contributed by atoms with van der Waals surface area (Å²) in [4.78, 5) is 0. The molecule has 0 aromatic rings. The van der Waals surface area contributed by atoms with Gasteiger partial charge in [0.2, 0.25) is 0 Å². The minimum absolute atomic E-state index is 0.667. The van der Waals surface area contributed by atoms with Crippen LogP contribution in [0.25, 0.3) is 0 Å². The Morgan fingerprint density at radius 2 is 1.00 bits per heavy atom. The van der Waals surface area contributed by atoms with Gasteiger partial charge >= 0.3 is 0 Å². The van der Waals surface area contributed by atoms with E-state index in [2.05, 4.69) is 40.8 Å². The van der Waals surface area contributed by atoms with Crippen molar-refractivity contribution in [3.63, 3.8) is 0 Å². The van der Waals surface area contributed by atoms with E-state index in [0.717, 1.165) is 11.8 Å². The van der Waals surface area contributed by atoms with Crippen molar-refractivity contribution >= 4 is 19.2 Å². The van der Waals surface area contributed by atoms with Gasteiger partial charge in [-0.2, -0.15) is 11.1 Å². The SMILES string of the molecule is CC(C)C(C)C.C[SiH](C)Cl. The van der Waals surface area contributed by atoms with Gasteiger partial charge in [0.25, 0.3) is 0 Å². The normalized spacial score (nSPS) is 10.2. The van der Waals surface area contributed by atoms with E-state index in [-0.39, 0.29) is 0 Å². The van der Waals surface area contributed by atoms with E-state index in [4.69, 9.17) is 11.1 Å². The highest BCUT2D eigenvalue weighted by atomic mass is 35.6. The zero-order valence-corrected chi connectivity index (χ0v) is 10.0. The second-order valence-corrected chi connectivity index (χ2v) is 8.15. The predicted molar refractivity (Wildman–Crippen MR) is 54.4 cm³/mol. The number of hydrogen-bond donors (Lipinski definition) is 0. The molecule has 2 heteroatoms. The molecule has 0 aliphatic rings. The van der Waals surface area contributed by atoms with Crippen LogP contribution >= 0.6 is 11.1 Å². The number of halogens is 1. The van der Waals surface area contributed by atoms with E-state index >= 15 is 0 Å². The molecule has 0 unspecified atom stereocenters. The van der Waals surface area contributed by atoms with Gasteiger partial charge in [0.05, 0.1) is 0 Å². The van der Waals surface area contributed by atoms with Crippen LogP contribution in [-0.4, -0.2) is 8.11 Å². The van der Waals surface area contributed by atoms with Crippen LogP contribution in [0.2, 0.25) is 13.1 Å². The van der Waals surface area contributed by atoms with Gasteiger partial charge in [0, 0.05) is 0 Å². The predicted octanol–water partition coefficient (Wildman–Crippen LogP) is 3.51. The number of hydrogen-bond acceptors (Lipinski definition) is 0. The van der Waals surface area contributed by atoms with Gasteiger partial charge in [-0.25, -0.2) is 0 Å². The minimum atomic E-state index is -0.667.